The van der Waals surface area contributed by atoms with Crippen LogP contribution in [-0.2, 0) is 11.3 Å². The molecule has 1 aromatic heterocycles. The van der Waals surface area contributed by atoms with Crippen molar-refractivity contribution >= 4 is 22.5 Å². The van der Waals surface area contributed by atoms with E-state index in [0.717, 1.165) is 16.6 Å². The third-order valence-corrected chi connectivity index (χ3v) is 3.27. The first kappa shape index (κ1) is 12.5. The predicted molar refractivity (Wildman–Crippen MR) is 74.3 cm³/mol. The van der Waals surface area contributed by atoms with E-state index in [0.29, 0.717) is 6.54 Å². The molecule has 0 saturated heterocycles. The number of nitrogens with two attached hydrogens (primary N) is 1. The lowest BCUT2D eigenvalue weighted by atomic mass is 10.2. The molecule has 0 aliphatic carbocycles. The number of anilines is 1. The number of nitrogen functional groups attached to an aromatic ring is 1. The Bertz CT molecular complexity index is 571. The van der Waals surface area contributed by atoms with Crippen molar-refractivity contribution in [3.8, 4) is 0 Å². The summed E-state index contributed by atoms with van der Waals surface area (Å²) >= 11 is 0. The van der Waals surface area contributed by atoms with Crippen molar-refractivity contribution in [2.45, 2.75) is 26.4 Å². The minimum Gasteiger partial charge on any atom is -0.399 e. The molecule has 1 amide bonds. The Labute approximate surface area is 107 Å². The Hall–Kier alpha value is -1.97. The number of carbonyl (C=O) groups excluding carboxylic acids is 1. The van der Waals surface area contributed by atoms with E-state index in [9.17, 15) is 4.79 Å². The molecule has 18 heavy (non-hydrogen) atoms. The molecule has 2 rings (SSSR count). The zero-order valence-corrected chi connectivity index (χ0v) is 11.1. The van der Waals surface area contributed by atoms with Crippen LogP contribution in [0.5, 0.6) is 0 Å². The van der Waals surface area contributed by atoms with E-state index in [4.69, 9.17) is 5.73 Å². The van der Waals surface area contributed by atoms with Crippen LogP contribution in [0.3, 0.4) is 0 Å². The molecule has 0 saturated carbocycles. The van der Waals surface area contributed by atoms with Gasteiger partial charge in [0, 0.05) is 35.9 Å². The number of rotatable bonds is 3. The molecule has 0 aliphatic rings. The second-order valence-electron chi connectivity index (χ2n) is 4.86. The maximum absolute atomic E-state index is 12.0. The van der Waals surface area contributed by atoms with Gasteiger partial charge < -0.3 is 15.2 Å². The van der Waals surface area contributed by atoms with Gasteiger partial charge in [0.2, 0.25) is 5.91 Å². The van der Waals surface area contributed by atoms with E-state index >= 15 is 0 Å². The third kappa shape index (κ3) is 2.32. The maximum Gasteiger partial charge on any atom is 0.242 e. The van der Waals surface area contributed by atoms with Crippen molar-refractivity contribution < 1.29 is 4.79 Å². The van der Waals surface area contributed by atoms with Gasteiger partial charge in [-0.15, -0.1) is 0 Å². The fourth-order valence-corrected chi connectivity index (χ4v) is 1.90. The highest BCUT2D eigenvalue weighted by Gasteiger charge is 2.13. The number of benzene rings is 1. The highest BCUT2D eigenvalue weighted by Crippen LogP contribution is 2.18. The normalized spacial score (nSPS) is 11.1. The monoisotopic (exact) mass is 245 g/mol. The quantitative estimate of drug-likeness (QED) is 0.842. The van der Waals surface area contributed by atoms with Gasteiger partial charge in [-0.2, -0.15) is 0 Å². The molecule has 1 heterocycles. The van der Waals surface area contributed by atoms with Crippen molar-refractivity contribution in [1.29, 1.82) is 0 Å². The van der Waals surface area contributed by atoms with E-state index in [1.807, 2.05) is 55.9 Å². The summed E-state index contributed by atoms with van der Waals surface area (Å²) in [7, 11) is 1.83. The van der Waals surface area contributed by atoms with Crippen LogP contribution in [0.4, 0.5) is 5.69 Å². The van der Waals surface area contributed by atoms with Crippen LogP contribution in [0.2, 0.25) is 0 Å². The minimum absolute atomic E-state index is 0.110. The van der Waals surface area contributed by atoms with Gasteiger partial charge in [0.25, 0.3) is 0 Å². The zero-order chi connectivity index (χ0) is 13.3. The van der Waals surface area contributed by atoms with Crippen LogP contribution < -0.4 is 5.73 Å². The average molecular weight is 245 g/mol. The van der Waals surface area contributed by atoms with Gasteiger partial charge in [-0.05, 0) is 38.1 Å². The van der Waals surface area contributed by atoms with Gasteiger partial charge in [0.05, 0.1) is 0 Å². The molecule has 0 atom stereocenters. The Balaban J connectivity index is 2.25. The van der Waals surface area contributed by atoms with E-state index in [2.05, 4.69) is 0 Å². The summed E-state index contributed by atoms with van der Waals surface area (Å²) < 4.78 is 1.95. The Morgan fingerprint density at radius 3 is 2.78 bits per heavy atom. The number of hydrogen-bond acceptors (Lipinski definition) is 2. The van der Waals surface area contributed by atoms with E-state index in [-0.39, 0.29) is 11.9 Å². The number of hydrogen-bond donors (Lipinski definition) is 1. The molecular formula is C14H19N3O. The van der Waals surface area contributed by atoms with Gasteiger partial charge in [0.15, 0.2) is 0 Å². The van der Waals surface area contributed by atoms with Crippen LogP contribution in [0.1, 0.15) is 13.8 Å². The van der Waals surface area contributed by atoms with Crippen molar-refractivity contribution in [1.82, 2.24) is 9.47 Å². The SMILES string of the molecule is CC(C)N(C)C(=O)Cn1ccc2cc(N)ccc21. The molecule has 2 aromatic rings. The van der Waals surface area contributed by atoms with E-state index < -0.39 is 0 Å². The summed E-state index contributed by atoms with van der Waals surface area (Å²) in [5.74, 6) is 0.110. The molecule has 0 bridgehead atoms. The van der Waals surface area contributed by atoms with Gasteiger partial charge in [-0.3, -0.25) is 4.79 Å². The summed E-state index contributed by atoms with van der Waals surface area (Å²) in [5, 5.41) is 1.06. The summed E-state index contributed by atoms with van der Waals surface area (Å²) in [6.07, 6.45) is 1.93. The highest BCUT2D eigenvalue weighted by molar-refractivity contribution is 5.85. The van der Waals surface area contributed by atoms with Crippen molar-refractivity contribution in [3.63, 3.8) is 0 Å². The largest absolute Gasteiger partial charge is 0.399 e. The van der Waals surface area contributed by atoms with Crippen LogP contribution in [0.25, 0.3) is 10.9 Å². The number of aromatic nitrogens is 1. The lowest BCUT2D eigenvalue weighted by Gasteiger charge is -2.21. The van der Waals surface area contributed by atoms with Crippen molar-refractivity contribution in [3.05, 3.63) is 30.5 Å². The zero-order valence-electron chi connectivity index (χ0n) is 11.1. The molecule has 96 valence electrons. The maximum atomic E-state index is 12.0. The lowest BCUT2D eigenvalue weighted by Crippen LogP contribution is -2.35. The Morgan fingerprint density at radius 1 is 1.39 bits per heavy atom. The van der Waals surface area contributed by atoms with Crippen LogP contribution >= 0.6 is 0 Å². The number of amides is 1. The second-order valence-corrected chi connectivity index (χ2v) is 4.86. The van der Waals surface area contributed by atoms with Gasteiger partial charge in [-0.25, -0.2) is 0 Å². The average Bonchev–Trinajstić information content (AvgIpc) is 2.70. The molecule has 4 heteroatoms. The second kappa shape index (κ2) is 4.72. The summed E-state index contributed by atoms with van der Waals surface area (Å²) in [6.45, 7) is 4.38. The van der Waals surface area contributed by atoms with E-state index in [1.165, 1.54) is 0 Å². The number of nitrogens with zero attached hydrogens (tertiary/aromatic N) is 2. The van der Waals surface area contributed by atoms with Gasteiger partial charge in [-0.1, -0.05) is 0 Å². The molecule has 0 fully saturated rings. The van der Waals surface area contributed by atoms with Crippen molar-refractivity contribution in [2.24, 2.45) is 0 Å². The molecule has 0 radical (unpaired) electrons. The molecule has 0 aliphatic heterocycles. The van der Waals surface area contributed by atoms with Crippen LogP contribution in [-0.4, -0.2) is 28.5 Å². The summed E-state index contributed by atoms with van der Waals surface area (Å²) in [5.41, 5.74) is 7.52. The first-order valence-electron chi connectivity index (χ1n) is 6.09. The fourth-order valence-electron chi connectivity index (χ4n) is 1.90. The summed E-state index contributed by atoms with van der Waals surface area (Å²) in [4.78, 5) is 13.8. The highest BCUT2D eigenvalue weighted by atomic mass is 16.2. The first-order chi connectivity index (χ1) is 8.49. The minimum atomic E-state index is 0.110. The third-order valence-electron chi connectivity index (χ3n) is 3.27. The summed E-state index contributed by atoms with van der Waals surface area (Å²) in [6, 6.07) is 7.93. The van der Waals surface area contributed by atoms with Gasteiger partial charge in [0.1, 0.15) is 6.54 Å². The predicted octanol–water partition coefficient (Wildman–Crippen LogP) is 2.09. The van der Waals surface area contributed by atoms with E-state index in [1.54, 1.807) is 4.90 Å². The number of carbonyl (C=O) groups is 1. The topological polar surface area (TPSA) is 51.3 Å². The fraction of sp³-hybridized carbons (Fsp3) is 0.357. The Kier molecular flexibility index (Phi) is 3.28. The van der Waals surface area contributed by atoms with Crippen LogP contribution in [0.15, 0.2) is 30.5 Å². The van der Waals surface area contributed by atoms with Gasteiger partial charge >= 0.3 is 0 Å². The number of fused-ring (bicyclic) bond motifs is 1. The van der Waals surface area contributed by atoms with Crippen molar-refractivity contribution in [2.75, 3.05) is 12.8 Å². The number of likely N-dealkylation sites (N-methyl/N-ethyl adjacent to an activating group) is 1. The standard InChI is InChI=1S/C14H19N3O/c1-10(2)16(3)14(18)9-17-7-6-11-8-12(15)4-5-13(11)17/h4-8,10H,9,15H2,1-3H3. The molecule has 2 N–H and O–H groups in total. The molecule has 0 unspecified atom stereocenters. The first-order valence-corrected chi connectivity index (χ1v) is 6.09. The molecule has 0 spiro atoms. The smallest absolute Gasteiger partial charge is 0.242 e. The molecule has 1 aromatic carbocycles. The Morgan fingerprint density at radius 2 is 2.11 bits per heavy atom. The molecular weight excluding hydrogens is 226 g/mol. The van der Waals surface area contributed by atoms with Crippen LogP contribution in [0, 0.1) is 0 Å². The lowest BCUT2D eigenvalue weighted by molar-refractivity contribution is -0.131. The molecule has 4 nitrogen and oxygen atoms in total.